The smallest absolute Gasteiger partial charge is 0.329 e. The molecule has 1 aliphatic heterocycles. The number of aromatic nitrogens is 2. The van der Waals surface area contributed by atoms with Gasteiger partial charge in [0, 0.05) is 32.1 Å². The standard InChI is InChI=1S/C25H27FN4O4/c1-3-17-15-28(11-12-29(17)22(31)4-2)24(33)19-13-16(9-10-20(19)26)14-30-21-8-6-5-7-18(21)23(32)27-25(30)34/h5-10,13,17H,3-4,11-12,14-15H2,1-2H3,(H,27,32,34)/t17-/m0/s1. The highest BCUT2D eigenvalue weighted by Gasteiger charge is 2.32. The van der Waals surface area contributed by atoms with Gasteiger partial charge in [-0.25, -0.2) is 9.18 Å². The lowest BCUT2D eigenvalue weighted by atomic mass is 10.0. The van der Waals surface area contributed by atoms with Crippen LogP contribution in [-0.4, -0.2) is 56.8 Å². The van der Waals surface area contributed by atoms with Gasteiger partial charge in [-0.3, -0.25) is 23.9 Å². The summed E-state index contributed by atoms with van der Waals surface area (Å²) in [5.74, 6) is -1.04. The molecular weight excluding hydrogens is 439 g/mol. The summed E-state index contributed by atoms with van der Waals surface area (Å²) in [7, 11) is 0. The van der Waals surface area contributed by atoms with E-state index in [9.17, 15) is 23.6 Å². The number of rotatable bonds is 5. The topological polar surface area (TPSA) is 95.5 Å². The molecule has 2 heterocycles. The number of halogens is 1. The lowest BCUT2D eigenvalue weighted by Crippen LogP contribution is -2.56. The van der Waals surface area contributed by atoms with E-state index in [1.165, 1.54) is 22.8 Å². The van der Waals surface area contributed by atoms with E-state index >= 15 is 0 Å². The first-order valence-electron chi connectivity index (χ1n) is 11.4. The zero-order valence-electron chi connectivity index (χ0n) is 19.2. The van der Waals surface area contributed by atoms with Crippen LogP contribution in [0.4, 0.5) is 4.39 Å². The van der Waals surface area contributed by atoms with Crippen LogP contribution in [0, 0.1) is 5.82 Å². The molecule has 2 amide bonds. The maximum absolute atomic E-state index is 14.7. The largest absolute Gasteiger partial charge is 0.336 e. The van der Waals surface area contributed by atoms with Crippen molar-refractivity contribution in [2.45, 2.75) is 39.3 Å². The highest BCUT2D eigenvalue weighted by Crippen LogP contribution is 2.20. The Bertz CT molecular complexity index is 1360. The van der Waals surface area contributed by atoms with Crippen molar-refractivity contribution in [3.8, 4) is 0 Å². The molecule has 1 atom stereocenters. The summed E-state index contributed by atoms with van der Waals surface area (Å²) in [6, 6.07) is 10.8. The first-order chi connectivity index (χ1) is 16.3. The maximum Gasteiger partial charge on any atom is 0.329 e. The molecule has 1 aliphatic rings. The molecule has 8 nitrogen and oxygen atoms in total. The Morgan fingerprint density at radius 2 is 1.85 bits per heavy atom. The predicted molar refractivity (Wildman–Crippen MR) is 126 cm³/mol. The number of hydrogen-bond donors (Lipinski definition) is 1. The summed E-state index contributed by atoms with van der Waals surface area (Å²) in [6.07, 6.45) is 1.10. The van der Waals surface area contributed by atoms with Crippen molar-refractivity contribution in [2.75, 3.05) is 19.6 Å². The maximum atomic E-state index is 14.7. The molecular formula is C25H27FN4O4. The summed E-state index contributed by atoms with van der Waals surface area (Å²) in [5, 5.41) is 0.366. The van der Waals surface area contributed by atoms with Crippen molar-refractivity contribution < 1.29 is 14.0 Å². The van der Waals surface area contributed by atoms with Crippen LogP contribution in [0.5, 0.6) is 0 Å². The zero-order chi connectivity index (χ0) is 24.4. The molecule has 4 rings (SSSR count). The number of piperazine rings is 1. The van der Waals surface area contributed by atoms with Crippen molar-refractivity contribution in [1.29, 1.82) is 0 Å². The summed E-state index contributed by atoms with van der Waals surface area (Å²) in [6.45, 7) is 4.92. The van der Waals surface area contributed by atoms with Crippen LogP contribution >= 0.6 is 0 Å². The molecule has 1 fully saturated rings. The minimum absolute atomic E-state index is 0.0469. The Labute approximate surface area is 195 Å². The van der Waals surface area contributed by atoms with Crippen LogP contribution in [0.25, 0.3) is 10.9 Å². The predicted octanol–water partition coefficient (Wildman–Crippen LogP) is 2.35. The highest BCUT2D eigenvalue weighted by molar-refractivity contribution is 5.95. The van der Waals surface area contributed by atoms with Crippen molar-refractivity contribution in [3.63, 3.8) is 0 Å². The molecule has 0 spiro atoms. The van der Waals surface area contributed by atoms with Crippen LogP contribution in [0.15, 0.2) is 52.1 Å². The second-order valence-electron chi connectivity index (χ2n) is 8.43. The number of amides is 2. The minimum atomic E-state index is -0.646. The Kier molecular flexibility index (Phi) is 6.63. The van der Waals surface area contributed by atoms with Gasteiger partial charge in [-0.1, -0.05) is 32.0 Å². The number of benzene rings is 2. The van der Waals surface area contributed by atoms with Gasteiger partial charge in [0.2, 0.25) is 5.91 Å². The van der Waals surface area contributed by atoms with Gasteiger partial charge in [0.15, 0.2) is 0 Å². The molecule has 34 heavy (non-hydrogen) atoms. The number of hydrogen-bond acceptors (Lipinski definition) is 4. The summed E-state index contributed by atoms with van der Waals surface area (Å²) >= 11 is 0. The molecule has 2 aromatic carbocycles. The number of H-pyrrole nitrogens is 1. The van der Waals surface area contributed by atoms with E-state index in [1.54, 1.807) is 34.1 Å². The van der Waals surface area contributed by atoms with Gasteiger partial charge in [0.1, 0.15) is 5.82 Å². The van der Waals surface area contributed by atoms with E-state index in [0.29, 0.717) is 48.9 Å². The van der Waals surface area contributed by atoms with Gasteiger partial charge in [0.25, 0.3) is 11.5 Å². The highest BCUT2D eigenvalue weighted by atomic mass is 19.1. The summed E-state index contributed by atoms with van der Waals surface area (Å²) in [4.78, 5) is 55.7. The number of aromatic amines is 1. The van der Waals surface area contributed by atoms with E-state index in [2.05, 4.69) is 4.98 Å². The van der Waals surface area contributed by atoms with Gasteiger partial charge in [-0.05, 0) is 36.2 Å². The zero-order valence-corrected chi connectivity index (χ0v) is 19.2. The Hall–Kier alpha value is -3.75. The molecule has 178 valence electrons. The number of nitrogens with one attached hydrogen (secondary N) is 1. The van der Waals surface area contributed by atoms with E-state index in [4.69, 9.17) is 0 Å². The first kappa shape index (κ1) is 23.4. The first-order valence-corrected chi connectivity index (χ1v) is 11.4. The van der Waals surface area contributed by atoms with Crippen LogP contribution in [0.3, 0.4) is 0 Å². The number of carbonyl (C=O) groups is 2. The average Bonchev–Trinajstić information content (AvgIpc) is 2.86. The summed E-state index contributed by atoms with van der Waals surface area (Å²) < 4.78 is 16.1. The molecule has 1 saturated heterocycles. The lowest BCUT2D eigenvalue weighted by molar-refractivity contribution is -0.135. The van der Waals surface area contributed by atoms with Crippen LogP contribution in [-0.2, 0) is 11.3 Å². The number of para-hydroxylation sites is 1. The molecule has 9 heteroatoms. The summed E-state index contributed by atoms with van der Waals surface area (Å²) in [5.41, 5.74) is -0.127. The number of fused-ring (bicyclic) bond motifs is 1. The molecule has 0 saturated carbocycles. The molecule has 0 bridgehead atoms. The van der Waals surface area contributed by atoms with Crippen LogP contribution < -0.4 is 11.2 Å². The minimum Gasteiger partial charge on any atom is -0.336 e. The van der Waals surface area contributed by atoms with E-state index in [-0.39, 0.29) is 24.1 Å². The van der Waals surface area contributed by atoms with E-state index in [0.717, 1.165) is 0 Å². The normalized spacial score (nSPS) is 16.1. The van der Waals surface area contributed by atoms with E-state index in [1.807, 2.05) is 13.8 Å². The number of carbonyl (C=O) groups excluding carboxylic acids is 2. The lowest BCUT2D eigenvalue weighted by Gasteiger charge is -2.41. The van der Waals surface area contributed by atoms with Gasteiger partial charge >= 0.3 is 5.69 Å². The van der Waals surface area contributed by atoms with Crippen molar-refractivity contribution >= 4 is 22.7 Å². The molecule has 1 aromatic heterocycles. The molecule has 0 unspecified atom stereocenters. The average molecular weight is 467 g/mol. The Morgan fingerprint density at radius 3 is 2.59 bits per heavy atom. The Morgan fingerprint density at radius 1 is 1.09 bits per heavy atom. The molecule has 0 aliphatic carbocycles. The fourth-order valence-electron chi connectivity index (χ4n) is 4.51. The second-order valence-corrected chi connectivity index (χ2v) is 8.43. The third-order valence-electron chi connectivity index (χ3n) is 6.37. The van der Waals surface area contributed by atoms with Crippen LogP contribution in [0.2, 0.25) is 0 Å². The van der Waals surface area contributed by atoms with Gasteiger partial charge in [-0.15, -0.1) is 0 Å². The van der Waals surface area contributed by atoms with Gasteiger partial charge in [0.05, 0.1) is 23.0 Å². The van der Waals surface area contributed by atoms with Crippen molar-refractivity contribution in [3.05, 3.63) is 80.2 Å². The Balaban J connectivity index is 1.62. The fourth-order valence-corrected chi connectivity index (χ4v) is 4.51. The molecule has 0 radical (unpaired) electrons. The molecule has 3 aromatic rings. The van der Waals surface area contributed by atoms with Crippen molar-refractivity contribution in [1.82, 2.24) is 19.4 Å². The third-order valence-corrected chi connectivity index (χ3v) is 6.37. The van der Waals surface area contributed by atoms with Gasteiger partial charge in [-0.2, -0.15) is 0 Å². The fraction of sp³-hybridized carbons (Fsp3) is 0.360. The number of nitrogens with zero attached hydrogens (tertiary/aromatic N) is 3. The van der Waals surface area contributed by atoms with E-state index < -0.39 is 23.0 Å². The third kappa shape index (κ3) is 4.37. The molecule has 1 N–H and O–H groups in total. The second kappa shape index (κ2) is 9.62. The van der Waals surface area contributed by atoms with Gasteiger partial charge < -0.3 is 9.80 Å². The van der Waals surface area contributed by atoms with Crippen LogP contribution in [0.1, 0.15) is 42.6 Å². The monoisotopic (exact) mass is 466 g/mol. The quantitative estimate of drug-likeness (QED) is 0.625. The SMILES string of the molecule is CCC(=O)N1CCN(C(=O)c2cc(Cn3c(=O)[nH]c(=O)c4ccccc43)ccc2F)C[C@@H]1CC. The van der Waals surface area contributed by atoms with Crippen molar-refractivity contribution in [2.24, 2.45) is 0 Å².